The first kappa shape index (κ1) is 18.0. The number of hydrogen-bond acceptors (Lipinski definition) is 2. The molecule has 1 aliphatic heterocycles. The van der Waals surface area contributed by atoms with E-state index < -0.39 is 0 Å². The predicted molar refractivity (Wildman–Crippen MR) is 90.4 cm³/mol. The van der Waals surface area contributed by atoms with Gasteiger partial charge >= 0.3 is 0 Å². The van der Waals surface area contributed by atoms with Gasteiger partial charge in [-0.2, -0.15) is 0 Å². The van der Waals surface area contributed by atoms with Crippen molar-refractivity contribution in [1.29, 1.82) is 0 Å². The zero-order valence-electron chi connectivity index (χ0n) is 13.3. The number of carbonyl (C=O) groups is 1. The summed E-state index contributed by atoms with van der Waals surface area (Å²) in [5.41, 5.74) is 4.20. The average Bonchev–Trinajstić information content (AvgIpc) is 2.38. The average molecular weight is 311 g/mol. The molecule has 3 nitrogen and oxygen atoms in total. The summed E-state index contributed by atoms with van der Waals surface area (Å²) in [6.07, 6.45) is 3.61. The van der Waals surface area contributed by atoms with Gasteiger partial charge in [-0.15, -0.1) is 12.4 Å². The molecule has 1 fully saturated rings. The van der Waals surface area contributed by atoms with E-state index in [2.05, 4.69) is 29.7 Å². The molecule has 21 heavy (non-hydrogen) atoms. The number of aryl methyl sites for hydroxylation is 3. The quantitative estimate of drug-likeness (QED) is 0.897. The van der Waals surface area contributed by atoms with Crippen molar-refractivity contribution in [2.45, 2.75) is 40.0 Å². The van der Waals surface area contributed by atoms with Gasteiger partial charge < -0.3 is 10.6 Å². The van der Waals surface area contributed by atoms with Crippen molar-refractivity contribution in [3.63, 3.8) is 0 Å². The molecule has 1 aromatic carbocycles. The van der Waals surface area contributed by atoms with Crippen molar-refractivity contribution in [1.82, 2.24) is 10.6 Å². The number of halogens is 1. The van der Waals surface area contributed by atoms with E-state index in [1.165, 1.54) is 18.4 Å². The minimum atomic E-state index is 0. The van der Waals surface area contributed by atoms with Crippen LogP contribution in [-0.4, -0.2) is 25.5 Å². The van der Waals surface area contributed by atoms with Gasteiger partial charge in [0.25, 0.3) is 5.91 Å². The Bertz CT molecular complexity index is 459. The zero-order valence-corrected chi connectivity index (χ0v) is 14.1. The van der Waals surface area contributed by atoms with Crippen molar-refractivity contribution in [2.24, 2.45) is 5.92 Å². The van der Waals surface area contributed by atoms with Crippen LogP contribution < -0.4 is 10.6 Å². The highest BCUT2D eigenvalue weighted by atomic mass is 35.5. The van der Waals surface area contributed by atoms with Gasteiger partial charge in [-0.1, -0.05) is 17.7 Å². The molecule has 0 aromatic heterocycles. The maximum absolute atomic E-state index is 12.3. The van der Waals surface area contributed by atoms with Crippen LogP contribution in [0.4, 0.5) is 0 Å². The molecule has 1 saturated heterocycles. The first-order valence-electron chi connectivity index (χ1n) is 7.64. The van der Waals surface area contributed by atoms with Gasteiger partial charge in [-0.25, -0.2) is 0 Å². The third-order valence-electron chi connectivity index (χ3n) is 4.14. The molecule has 0 spiro atoms. The SMILES string of the molecule is Cc1cc(C)c(C(=O)NCCC2CCCNC2)c(C)c1.Cl. The van der Waals surface area contributed by atoms with Crippen LogP contribution in [-0.2, 0) is 0 Å². The first-order chi connectivity index (χ1) is 9.58. The maximum Gasteiger partial charge on any atom is 0.251 e. The Morgan fingerprint density at radius 1 is 1.29 bits per heavy atom. The molecule has 1 atom stereocenters. The van der Waals surface area contributed by atoms with E-state index >= 15 is 0 Å². The van der Waals surface area contributed by atoms with Crippen LogP contribution in [0.25, 0.3) is 0 Å². The Hall–Kier alpha value is -1.06. The second-order valence-corrected chi connectivity index (χ2v) is 6.03. The molecule has 1 aromatic rings. The Labute approximate surface area is 134 Å². The molecule has 0 aliphatic carbocycles. The van der Waals surface area contributed by atoms with Gasteiger partial charge in [-0.3, -0.25) is 4.79 Å². The highest BCUT2D eigenvalue weighted by Crippen LogP contribution is 2.17. The topological polar surface area (TPSA) is 41.1 Å². The van der Waals surface area contributed by atoms with E-state index in [9.17, 15) is 4.79 Å². The van der Waals surface area contributed by atoms with Crippen LogP contribution in [0.5, 0.6) is 0 Å². The highest BCUT2D eigenvalue weighted by molar-refractivity contribution is 5.97. The van der Waals surface area contributed by atoms with Crippen molar-refractivity contribution >= 4 is 18.3 Å². The van der Waals surface area contributed by atoms with E-state index in [1.54, 1.807) is 0 Å². The summed E-state index contributed by atoms with van der Waals surface area (Å²) in [6, 6.07) is 4.15. The molecule has 2 rings (SSSR count). The summed E-state index contributed by atoms with van der Waals surface area (Å²) in [4.78, 5) is 12.3. The number of carbonyl (C=O) groups excluding carboxylic acids is 1. The van der Waals surface area contributed by atoms with Gasteiger partial charge in [0.15, 0.2) is 0 Å². The van der Waals surface area contributed by atoms with Crippen molar-refractivity contribution < 1.29 is 4.79 Å². The fourth-order valence-electron chi connectivity index (χ4n) is 3.19. The van der Waals surface area contributed by atoms with Crippen molar-refractivity contribution in [3.8, 4) is 0 Å². The maximum atomic E-state index is 12.3. The molecule has 1 heterocycles. The summed E-state index contributed by atoms with van der Waals surface area (Å²) in [5, 5.41) is 6.50. The van der Waals surface area contributed by atoms with Crippen LogP contribution in [0.2, 0.25) is 0 Å². The molecule has 2 N–H and O–H groups in total. The molecule has 1 unspecified atom stereocenters. The number of hydrogen-bond donors (Lipinski definition) is 2. The second kappa shape index (κ2) is 8.40. The minimum Gasteiger partial charge on any atom is -0.352 e. The monoisotopic (exact) mass is 310 g/mol. The molecule has 118 valence electrons. The molecule has 0 bridgehead atoms. The summed E-state index contributed by atoms with van der Waals surface area (Å²) >= 11 is 0. The van der Waals surface area contributed by atoms with E-state index in [1.807, 2.05) is 13.8 Å². The summed E-state index contributed by atoms with van der Waals surface area (Å²) < 4.78 is 0. The molecule has 0 radical (unpaired) electrons. The van der Waals surface area contributed by atoms with Crippen LogP contribution in [0, 0.1) is 26.7 Å². The number of piperidine rings is 1. The fourth-order valence-corrected chi connectivity index (χ4v) is 3.19. The van der Waals surface area contributed by atoms with Gasteiger partial charge in [0.1, 0.15) is 0 Å². The van der Waals surface area contributed by atoms with E-state index in [0.717, 1.165) is 42.7 Å². The third kappa shape index (κ3) is 5.01. The highest BCUT2D eigenvalue weighted by Gasteiger charge is 2.15. The Kier molecular flexibility index (Phi) is 7.20. The van der Waals surface area contributed by atoms with Crippen molar-refractivity contribution in [2.75, 3.05) is 19.6 Å². The van der Waals surface area contributed by atoms with E-state index in [-0.39, 0.29) is 18.3 Å². The lowest BCUT2D eigenvalue weighted by atomic mass is 9.96. The Morgan fingerprint density at radius 3 is 2.52 bits per heavy atom. The summed E-state index contributed by atoms with van der Waals surface area (Å²) in [7, 11) is 0. The standard InChI is InChI=1S/C17H26N2O.ClH/c1-12-9-13(2)16(14(3)10-12)17(20)19-8-6-15-5-4-7-18-11-15;/h9-10,15,18H,4-8,11H2,1-3H3,(H,19,20);1H. The Balaban J connectivity index is 0.00000220. The van der Waals surface area contributed by atoms with E-state index in [4.69, 9.17) is 0 Å². The molecule has 4 heteroatoms. The number of amides is 1. The minimum absolute atomic E-state index is 0. The van der Waals surface area contributed by atoms with Gasteiger partial charge in [0.2, 0.25) is 0 Å². The lowest BCUT2D eigenvalue weighted by Crippen LogP contribution is -2.33. The third-order valence-corrected chi connectivity index (χ3v) is 4.14. The van der Waals surface area contributed by atoms with Gasteiger partial charge in [-0.05, 0) is 70.2 Å². The van der Waals surface area contributed by atoms with Gasteiger partial charge in [0, 0.05) is 12.1 Å². The lowest BCUT2D eigenvalue weighted by Gasteiger charge is -2.22. The second-order valence-electron chi connectivity index (χ2n) is 6.03. The van der Waals surface area contributed by atoms with Crippen LogP contribution in [0.1, 0.15) is 46.3 Å². The molecule has 1 amide bonds. The smallest absolute Gasteiger partial charge is 0.251 e. The van der Waals surface area contributed by atoms with E-state index in [0.29, 0.717) is 5.92 Å². The van der Waals surface area contributed by atoms with Crippen LogP contribution in [0.15, 0.2) is 12.1 Å². The molecular formula is C17H27ClN2O. The van der Waals surface area contributed by atoms with Gasteiger partial charge in [0.05, 0.1) is 0 Å². The fraction of sp³-hybridized carbons (Fsp3) is 0.588. The predicted octanol–water partition coefficient (Wildman–Crippen LogP) is 3.15. The molecular weight excluding hydrogens is 284 g/mol. The first-order valence-corrected chi connectivity index (χ1v) is 7.64. The molecule has 1 aliphatic rings. The number of benzene rings is 1. The lowest BCUT2D eigenvalue weighted by molar-refractivity contribution is 0.0949. The Morgan fingerprint density at radius 2 is 1.95 bits per heavy atom. The normalized spacial score (nSPS) is 18.0. The summed E-state index contributed by atoms with van der Waals surface area (Å²) in [5.74, 6) is 0.785. The number of nitrogens with one attached hydrogen (secondary N) is 2. The molecule has 0 saturated carbocycles. The zero-order chi connectivity index (χ0) is 14.5. The van der Waals surface area contributed by atoms with Crippen LogP contribution >= 0.6 is 12.4 Å². The summed E-state index contributed by atoms with van der Waals surface area (Å²) in [6.45, 7) is 9.11. The number of rotatable bonds is 4. The van der Waals surface area contributed by atoms with Crippen LogP contribution in [0.3, 0.4) is 0 Å². The largest absolute Gasteiger partial charge is 0.352 e. The van der Waals surface area contributed by atoms with Crippen molar-refractivity contribution in [3.05, 3.63) is 34.4 Å².